The van der Waals surface area contributed by atoms with Crippen molar-refractivity contribution in [3.63, 3.8) is 0 Å². The molecule has 112 valence electrons. The molecule has 0 spiro atoms. The Kier molecular flexibility index (Phi) is 3.64. The highest BCUT2D eigenvalue weighted by Crippen LogP contribution is 2.23. The molecule has 8 heteroatoms. The van der Waals surface area contributed by atoms with Crippen molar-refractivity contribution in [2.45, 2.75) is 13.0 Å². The molecular weight excluding hydrogens is 306 g/mol. The first-order chi connectivity index (χ1) is 10.5. The van der Waals surface area contributed by atoms with Crippen LogP contribution in [0.25, 0.3) is 11.2 Å². The number of carbonyl (C=O) groups is 1. The van der Waals surface area contributed by atoms with Gasteiger partial charge in [0.25, 0.3) is 0 Å². The summed E-state index contributed by atoms with van der Waals surface area (Å²) < 4.78 is 1.70. The zero-order chi connectivity index (χ0) is 15.7. The smallest absolute Gasteiger partial charge is 0.311 e. The van der Waals surface area contributed by atoms with Crippen molar-refractivity contribution in [2.75, 3.05) is 5.73 Å². The quantitative estimate of drug-likeness (QED) is 0.710. The number of halogens is 1. The lowest BCUT2D eigenvalue weighted by Gasteiger charge is -2.07. The summed E-state index contributed by atoms with van der Waals surface area (Å²) in [6, 6.07) is 9.58. The Hall–Kier alpha value is -2.67. The summed E-state index contributed by atoms with van der Waals surface area (Å²) in [6.45, 7) is 0.423. The number of fused-ring (bicyclic) bond motifs is 1. The third kappa shape index (κ3) is 2.71. The maximum absolute atomic E-state index is 11.1. The zero-order valence-electron chi connectivity index (χ0n) is 11.4. The first-order valence-corrected chi connectivity index (χ1v) is 6.86. The molecule has 0 saturated carbocycles. The maximum Gasteiger partial charge on any atom is 0.311 e. The van der Waals surface area contributed by atoms with E-state index in [1.807, 2.05) is 30.3 Å². The van der Waals surface area contributed by atoms with Gasteiger partial charge in [0.05, 0.1) is 6.54 Å². The minimum Gasteiger partial charge on any atom is -0.481 e. The van der Waals surface area contributed by atoms with Crippen LogP contribution in [0.4, 0.5) is 5.95 Å². The minimum absolute atomic E-state index is 0.0218. The maximum atomic E-state index is 11.1. The molecule has 2 heterocycles. The summed E-state index contributed by atoms with van der Waals surface area (Å²) in [5.41, 5.74) is 7.40. The number of rotatable bonds is 4. The van der Waals surface area contributed by atoms with Crippen molar-refractivity contribution >= 4 is 34.7 Å². The fourth-order valence-corrected chi connectivity index (χ4v) is 2.44. The number of carboxylic acids is 1. The van der Waals surface area contributed by atoms with Crippen LogP contribution in [0.1, 0.15) is 11.4 Å². The number of imidazole rings is 1. The van der Waals surface area contributed by atoms with Crippen molar-refractivity contribution in [1.82, 2.24) is 19.5 Å². The Morgan fingerprint density at radius 2 is 1.95 bits per heavy atom. The molecule has 22 heavy (non-hydrogen) atoms. The van der Waals surface area contributed by atoms with Crippen molar-refractivity contribution in [3.05, 3.63) is 46.9 Å². The van der Waals surface area contributed by atoms with Gasteiger partial charge in [0.15, 0.2) is 10.8 Å². The van der Waals surface area contributed by atoms with Gasteiger partial charge >= 0.3 is 5.97 Å². The van der Waals surface area contributed by atoms with E-state index in [9.17, 15) is 4.79 Å². The average Bonchev–Trinajstić information content (AvgIpc) is 2.78. The number of anilines is 1. The molecule has 0 amide bonds. The summed E-state index contributed by atoms with van der Waals surface area (Å²) in [6.07, 6.45) is -0.237. The largest absolute Gasteiger partial charge is 0.481 e. The monoisotopic (exact) mass is 317 g/mol. The molecule has 0 aliphatic carbocycles. The highest BCUT2D eigenvalue weighted by molar-refractivity contribution is 6.33. The van der Waals surface area contributed by atoms with Crippen molar-refractivity contribution in [1.29, 1.82) is 0 Å². The molecule has 0 radical (unpaired) electrons. The third-order valence-corrected chi connectivity index (χ3v) is 3.40. The molecule has 0 atom stereocenters. The van der Waals surface area contributed by atoms with Gasteiger partial charge in [-0.2, -0.15) is 9.97 Å². The molecule has 3 aromatic rings. The SMILES string of the molecule is Nc1nc(Cl)c2nc(CC(=O)O)n(Cc3ccccc3)c2n1. The molecular formula is C14H12ClN5O2. The standard InChI is InChI=1S/C14H12ClN5O2/c15-12-11-13(19-14(16)18-12)20(9(17-11)6-10(21)22)7-8-4-2-1-3-5-8/h1-5H,6-7H2,(H,21,22)(H2,16,18,19). The van der Waals surface area contributed by atoms with Crippen LogP contribution in [0.15, 0.2) is 30.3 Å². The van der Waals surface area contributed by atoms with E-state index in [4.69, 9.17) is 22.4 Å². The van der Waals surface area contributed by atoms with E-state index in [0.29, 0.717) is 23.5 Å². The van der Waals surface area contributed by atoms with E-state index in [1.165, 1.54) is 0 Å². The molecule has 3 rings (SSSR count). The number of nitrogens with zero attached hydrogens (tertiary/aromatic N) is 4. The van der Waals surface area contributed by atoms with E-state index >= 15 is 0 Å². The molecule has 0 fully saturated rings. The normalized spacial score (nSPS) is 11.0. The van der Waals surface area contributed by atoms with Gasteiger partial charge in [0, 0.05) is 0 Å². The van der Waals surface area contributed by atoms with E-state index < -0.39 is 5.97 Å². The highest BCUT2D eigenvalue weighted by Gasteiger charge is 2.18. The van der Waals surface area contributed by atoms with Gasteiger partial charge in [0.1, 0.15) is 17.8 Å². The minimum atomic E-state index is -0.985. The first kappa shape index (κ1) is 14.3. The van der Waals surface area contributed by atoms with Crippen LogP contribution in [0.3, 0.4) is 0 Å². The van der Waals surface area contributed by atoms with Crippen LogP contribution in [-0.2, 0) is 17.8 Å². The lowest BCUT2D eigenvalue weighted by atomic mass is 10.2. The number of benzene rings is 1. The predicted octanol–water partition coefficient (Wildman–Crippen LogP) is 1.74. The number of carboxylic acid groups (broad SMARTS) is 1. The summed E-state index contributed by atoms with van der Waals surface area (Å²) in [5, 5.41) is 9.17. The van der Waals surface area contributed by atoms with Gasteiger partial charge in [-0.05, 0) is 5.56 Å². The molecule has 0 unspecified atom stereocenters. The second-order valence-electron chi connectivity index (χ2n) is 4.72. The lowest BCUT2D eigenvalue weighted by molar-refractivity contribution is -0.136. The van der Waals surface area contributed by atoms with E-state index in [1.54, 1.807) is 4.57 Å². The van der Waals surface area contributed by atoms with E-state index in [0.717, 1.165) is 5.56 Å². The average molecular weight is 318 g/mol. The summed E-state index contributed by atoms with van der Waals surface area (Å²) in [7, 11) is 0. The topological polar surface area (TPSA) is 107 Å². The number of nitrogens with two attached hydrogens (primary N) is 1. The van der Waals surface area contributed by atoms with Gasteiger partial charge in [-0.15, -0.1) is 0 Å². The molecule has 7 nitrogen and oxygen atoms in total. The van der Waals surface area contributed by atoms with Gasteiger partial charge < -0.3 is 15.4 Å². The molecule has 0 saturated heterocycles. The Morgan fingerprint density at radius 3 is 2.64 bits per heavy atom. The second kappa shape index (κ2) is 5.61. The van der Waals surface area contributed by atoms with Gasteiger partial charge in [-0.3, -0.25) is 4.79 Å². The van der Waals surface area contributed by atoms with E-state index in [2.05, 4.69) is 15.0 Å². The van der Waals surface area contributed by atoms with Gasteiger partial charge in [-0.25, -0.2) is 4.98 Å². The number of aliphatic carboxylic acids is 1. The number of hydrogen-bond donors (Lipinski definition) is 2. The summed E-state index contributed by atoms with van der Waals surface area (Å²) in [5.74, 6) is -0.608. The van der Waals surface area contributed by atoms with Crippen LogP contribution in [0.2, 0.25) is 5.15 Å². The summed E-state index contributed by atoms with van der Waals surface area (Å²) >= 11 is 6.03. The molecule has 0 aliphatic heterocycles. The molecule has 0 bridgehead atoms. The number of aromatic nitrogens is 4. The van der Waals surface area contributed by atoms with Crippen LogP contribution >= 0.6 is 11.6 Å². The van der Waals surface area contributed by atoms with Crippen molar-refractivity contribution in [2.24, 2.45) is 0 Å². The first-order valence-electron chi connectivity index (χ1n) is 6.48. The molecule has 1 aromatic carbocycles. The Morgan fingerprint density at radius 1 is 1.23 bits per heavy atom. The Balaban J connectivity index is 2.17. The third-order valence-electron chi connectivity index (χ3n) is 3.14. The van der Waals surface area contributed by atoms with E-state index in [-0.39, 0.29) is 17.5 Å². The lowest BCUT2D eigenvalue weighted by Crippen LogP contribution is -2.11. The predicted molar refractivity (Wildman–Crippen MR) is 81.6 cm³/mol. The fraction of sp³-hybridized carbons (Fsp3) is 0.143. The van der Waals surface area contributed by atoms with Crippen LogP contribution in [0, 0.1) is 0 Å². The van der Waals surface area contributed by atoms with Crippen LogP contribution < -0.4 is 5.73 Å². The summed E-state index contributed by atoms with van der Waals surface area (Å²) in [4.78, 5) is 23.3. The second-order valence-corrected chi connectivity index (χ2v) is 5.07. The van der Waals surface area contributed by atoms with Gasteiger partial charge in [0.2, 0.25) is 5.95 Å². The van der Waals surface area contributed by atoms with Crippen molar-refractivity contribution < 1.29 is 9.90 Å². The van der Waals surface area contributed by atoms with Gasteiger partial charge in [-0.1, -0.05) is 41.9 Å². The Bertz CT molecular complexity index is 847. The molecule has 3 N–H and O–H groups in total. The van der Waals surface area contributed by atoms with Crippen molar-refractivity contribution in [3.8, 4) is 0 Å². The molecule has 2 aromatic heterocycles. The zero-order valence-corrected chi connectivity index (χ0v) is 12.2. The molecule has 0 aliphatic rings. The van der Waals surface area contributed by atoms with Crippen LogP contribution in [0.5, 0.6) is 0 Å². The number of hydrogen-bond acceptors (Lipinski definition) is 5. The van der Waals surface area contributed by atoms with Crippen LogP contribution in [-0.4, -0.2) is 30.6 Å². The Labute approximate surface area is 130 Å². The highest BCUT2D eigenvalue weighted by atomic mass is 35.5. The number of nitrogen functional groups attached to an aromatic ring is 1. The fourth-order valence-electron chi connectivity index (χ4n) is 2.23.